The fraction of sp³-hybridized carbons (Fsp3) is 0. The maximum absolute atomic E-state index is 13.0. The number of carbonyl (C=O) groups excluding carboxylic acids is 1. The Morgan fingerprint density at radius 1 is 0.542 bits per heavy atom. The molecule has 0 bridgehead atoms. The molecule has 24 heavy (non-hydrogen) atoms. The van der Waals surface area contributed by atoms with Crippen molar-refractivity contribution in [2.24, 2.45) is 0 Å². The summed E-state index contributed by atoms with van der Waals surface area (Å²) in [6, 6.07) is 31.8. The van der Waals surface area contributed by atoms with Gasteiger partial charge in [0, 0.05) is 11.1 Å². The van der Waals surface area contributed by atoms with Gasteiger partial charge in [0.2, 0.25) is 0 Å². The lowest BCUT2D eigenvalue weighted by Gasteiger charge is -2.12. The summed E-state index contributed by atoms with van der Waals surface area (Å²) in [6.45, 7) is 0. The molecular weight excluding hydrogens is 292 g/mol. The molecule has 4 aromatic carbocycles. The zero-order chi connectivity index (χ0) is 16.4. The molecule has 0 spiro atoms. The summed E-state index contributed by atoms with van der Waals surface area (Å²) in [4.78, 5) is 13.0. The average Bonchev–Trinajstić information content (AvgIpc) is 2.68. The highest BCUT2D eigenvalue weighted by Gasteiger charge is 2.15. The molecule has 4 rings (SSSR count). The third-order valence-corrected chi connectivity index (χ3v) is 4.29. The van der Waals surface area contributed by atoms with Gasteiger partial charge in [0.1, 0.15) is 0 Å². The van der Waals surface area contributed by atoms with E-state index in [1.807, 2.05) is 72.8 Å². The fourth-order valence-electron chi connectivity index (χ4n) is 3.12. The Labute approximate surface area is 141 Å². The van der Waals surface area contributed by atoms with E-state index in [9.17, 15) is 4.79 Å². The van der Waals surface area contributed by atoms with E-state index in [0.29, 0.717) is 5.56 Å². The molecule has 0 amide bonds. The molecule has 0 radical (unpaired) electrons. The van der Waals surface area contributed by atoms with Crippen molar-refractivity contribution in [1.82, 2.24) is 0 Å². The summed E-state index contributed by atoms with van der Waals surface area (Å²) in [5, 5.41) is 2.34. The van der Waals surface area contributed by atoms with E-state index in [1.165, 1.54) is 5.39 Å². The molecule has 0 fully saturated rings. The maximum Gasteiger partial charge on any atom is 0.193 e. The normalized spacial score (nSPS) is 10.7. The Balaban J connectivity index is 1.93. The van der Waals surface area contributed by atoms with Crippen LogP contribution < -0.4 is 0 Å². The van der Waals surface area contributed by atoms with Crippen molar-refractivity contribution in [3.8, 4) is 11.1 Å². The number of fused-ring (bicyclic) bond motifs is 1. The van der Waals surface area contributed by atoms with Gasteiger partial charge >= 0.3 is 0 Å². The zero-order valence-electron chi connectivity index (χ0n) is 13.1. The van der Waals surface area contributed by atoms with Gasteiger partial charge in [0.25, 0.3) is 0 Å². The average molecular weight is 308 g/mol. The second-order valence-corrected chi connectivity index (χ2v) is 5.77. The molecule has 0 aliphatic rings. The van der Waals surface area contributed by atoms with Crippen molar-refractivity contribution in [2.75, 3.05) is 0 Å². The number of rotatable bonds is 3. The van der Waals surface area contributed by atoms with Crippen LogP contribution in [0.3, 0.4) is 0 Å². The number of carbonyl (C=O) groups is 1. The van der Waals surface area contributed by atoms with Gasteiger partial charge in [0.05, 0.1) is 0 Å². The lowest BCUT2D eigenvalue weighted by molar-refractivity contribution is 0.103. The number of hydrogen-bond donors (Lipinski definition) is 0. The monoisotopic (exact) mass is 308 g/mol. The van der Waals surface area contributed by atoms with Crippen LogP contribution in [0.4, 0.5) is 0 Å². The topological polar surface area (TPSA) is 17.1 Å². The quantitative estimate of drug-likeness (QED) is 0.441. The molecule has 1 heteroatoms. The van der Waals surface area contributed by atoms with Crippen LogP contribution in [0.5, 0.6) is 0 Å². The maximum atomic E-state index is 13.0. The Morgan fingerprint density at radius 3 is 2.04 bits per heavy atom. The van der Waals surface area contributed by atoms with Crippen LogP contribution in [-0.4, -0.2) is 5.78 Å². The van der Waals surface area contributed by atoms with Gasteiger partial charge in [-0.05, 0) is 21.9 Å². The van der Waals surface area contributed by atoms with Gasteiger partial charge in [0.15, 0.2) is 5.78 Å². The highest BCUT2D eigenvalue weighted by atomic mass is 16.1. The van der Waals surface area contributed by atoms with Gasteiger partial charge in [-0.1, -0.05) is 97.1 Å². The van der Waals surface area contributed by atoms with E-state index in [0.717, 1.165) is 22.1 Å². The summed E-state index contributed by atoms with van der Waals surface area (Å²) in [5.74, 6) is 0.0548. The van der Waals surface area contributed by atoms with Crippen LogP contribution in [0.2, 0.25) is 0 Å². The number of ketones is 1. The Kier molecular flexibility index (Phi) is 3.68. The Hall–Kier alpha value is -3.19. The van der Waals surface area contributed by atoms with Crippen molar-refractivity contribution >= 4 is 16.6 Å². The van der Waals surface area contributed by atoms with Crippen LogP contribution >= 0.6 is 0 Å². The summed E-state index contributed by atoms with van der Waals surface area (Å²) < 4.78 is 0. The first-order chi connectivity index (χ1) is 11.8. The minimum absolute atomic E-state index is 0.0548. The summed E-state index contributed by atoms with van der Waals surface area (Å²) in [5.41, 5.74) is 3.52. The fourth-order valence-corrected chi connectivity index (χ4v) is 3.12. The first-order valence-electron chi connectivity index (χ1n) is 8.01. The number of benzene rings is 4. The highest BCUT2D eigenvalue weighted by Crippen LogP contribution is 2.32. The molecule has 4 aromatic rings. The molecule has 0 saturated carbocycles. The molecule has 0 unspecified atom stereocenters. The molecule has 0 aromatic heterocycles. The first kappa shape index (κ1) is 14.4. The van der Waals surface area contributed by atoms with Gasteiger partial charge in [-0.15, -0.1) is 0 Å². The predicted octanol–water partition coefficient (Wildman–Crippen LogP) is 5.74. The molecule has 0 atom stereocenters. The van der Waals surface area contributed by atoms with Gasteiger partial charge in [-0.3, -0.25) is 4.79 Å². The Bertz CT molecular complexity index is 1010. The third-order valence-electron chi connectivity index (χ3n) is 4.29. The SMILES string of the molecule is O=C(c1ccccc1)c1ccccc1-c1cccc2ccccc12. The molecule has 0 aliphatic heterocycles. The molecule has 0 N–H and O–H groups in total. The molecule has 0 aliphatic carbocycles. The second-order valence-electron chi connectivity index (χ2n) is 5.77. The standard InChI is InChI=1S/C23H16O/c24-23(18-10-2-1-3-11-18)22-15-7-6-14-21(22)20-16-8-12-17-9-4-5-13-19(17)20/h1-16H. The second kappa shape index (κ2) is 6.13. The molecule has 0 saturated heterocycles. The summed E-state index contributed by atoms with van der Waals surface area (Å²) in [6.07, 6.45) is 0. The van der Waals surface area contributed by atoms with Gasteiger partial charge in [-0.2, -0.15) is 0 Å². The lowest BCUT2D eigenvalue weighted by Crippen LogP contribution is -2.03. The largest absolute Gasteiger partial charge is 0.289 e. The minimum atomic E-state index is 0.0548. The summed E-state index contributed by atoms with van der Waals surface area (Å²) >= 11 is 0. The molecule has 1 nitrogen and oxygen atoms in total. The molecular formula is C23H16O. The van der Waals surface area contributed by atoms with E-state index in [4.69, 9.17) is 0 Å². The van der Waals surface area contributed by atoms with Crippen LogP contribution in [0.1, 0.15) is 15.9 Å². The van der Waals surface area contributed by atoms with Crippen molar-refractivity contribution in [3.63, 3.8) is 0 Å². The van der Waals surface area contributed by atoms with Crippen LogP contribution in [0, 0.1) is 0 Å². The molecule has 0 heterocycles. The van der Waals surface area contributed by atoms with Crippen LogP contribution in [0.15, 0.2) is 97.1 Å². The van der Waals surface area contributed by atoms with Crippen LogP contribution in [0.25, 0.3) is 21.9 Å². The van der Waals surface area contributed by atoms with E-state index < -0.39 is 0 Å². The smallest absolute Gasteiger partial charge is 0.193 e. The van der Waals surface area contributed by atoms with E-state index in [2.05, 4.69) is 24.3 Å². The van der Waals surface area contributed by atoms with Crippen molar-refractivity contribution in [1.29, 1.82) is 0 Å². The van der Waals surface area contributed by atoms with Crippen molar-refractivity contribution < 1.29 is 4.79 Å². The van der Waals surface area contributed by atoms with Gasteiger partial charge < -0.3 is 0 Å². The van der Waals surface area contributed by atoms with Crippen molar-refractivity contribution in [3.05, 3.63) is 108 Å². The lowest BCUT2D eigenvalue weighted by atomic mass is 9.91. The van der Waals surface area contributed by atoms with Crippen molar-refractivity contribution in [2.45, 2.75) is 0 Å². The third kappa shape index (κ3) is 2.50. The van der Waals surface area contributed by atoms with Crippen LogP contribution in [-0.2, 0) is 0 Å². The minimum Gasteiger partial charge on any atom is -0.289 e. The van der Waals surface area contributed by atoms with E-state index in [-0.39, 0.29) is 5.78 Å². The highest BCUT2D eigenvalue weighted by molar-refractivity contribution is 6.14. The van der Waals surface area contributed by atoms with Gasteiger partial charge in [-0.25, -0.2) is 0 Å². The first-order valence-corrected chi connectivity index (χ1v) is 8.01. The zero-order valence-corrected chi connectivity index (χ0v) is 13.1. The summed E-state index contributed by atoms with van der Waals surface area (Å²) in [7, 11) is 0. The van der Waals surface area contributed by atoms with E-state index in [1.54, 1.807) is 0 Å². The number of hydrogen-bond acceptors (Lipinski definition) is 1. The Morgan fingerprint density at radius 2 is 1.17 bits per heavy atom. The molecule has 114 valence electrons. The predicted molar refractivity (Wildman–Crippen MR) is 99.3 cm³/mol. The van der Waals surface area contributed by atoms with E-state index >= 15 is 0 Å².